The van der Waals surface area contributed by atoms with Gasteiger partial charge in [-0.1, -0.05) is 24.3 Å². The third-order valence-electron chi connectivity index (χ3n) is 5.70. The lowest BCUT2D eigenvalue weighted by Gasteiger charge is -2.16. The minimum Gasteiger partial charge on any atom is -0.478 e. The average molecular weight is 470 g/mol. The molecule has 3 nitrogen and oxygen atoms in total. The Bertz CT molecular complexity index is 1070. The van der Waals surface area contributed by atoms with E-state index in [1.54, 1.807) is 12.1 Å². The van der Waals surface area contributed by atoms with E-state index < -0.39 is 5.97 Å². The fourth-order valence-corrected chi connectivity index (χ4v) is 5.07. The van der Waals surface area contributed by atoms with Gasteiger partial charge in [-0.15, -0.1) is 0 Å². The van der Waals surface area contributed by atoms with Gasteiger partial charge >= 0.3 is 5.97 Å². The number of hydrogen-bond donors (Lipinski definition) is 1. The molecular weight excluding hydrogens is 449 g/mol. The molecule has 1 aliphatic carbocycles. The van der Waals surface area contributed by atoms with E-state index in [2.05, 4.69) is 66.3 Å². The van der Waals surface area contributed by atoms with Gasteiger partial charge in [0.2, 0.25) is 5.69 Å². The summed E-state index contributed by atoms with van der Waals surface area (Å²) in [5.74, 6) is -0.885. The third kappa shape index (κ3) is 2.87. The number of halogens is 1. The molecule has 0 saturated heterocycles. The van der Waals surface area contributed by atoms with Crippen LogP contribution in [0.3, 0.4) is 0 Å². The van der Waals surface area contributed by atoms with Gasteiger partial charge in [0.1, 0.15) is 7.05 Å². The van der Waals surface area contributed by atoms with Gasteiger partial charge in [-0.2, -0.15) is 4.58 Å². The Morgan fingerprint density at radius 1 is 1.19 bits per heavy atom. The van der Waals surface area contributed by atoms with Crippen molar-refractivity contribution in [3.63, 3.8) is 0 Å². The molecule has 4 rings (SSSR count). The smallest absolute Gasteiger partial charge is 0.335 e. The highest BCUT2D eigenvalue weighted by Gasteiger charge is 2.38. The molecule has 0 unspecified atom stereocenters. The molecule has 0 bridgehead atoms. The Morgan fingerprint density at radius 2 is 1.89 bits per heavy atom. The quantitative estimate of drug-likeness (QED) is 0.491. The second-order valence-electron chi connectivity index (χ2n) is 7.16. The number of carboxylic acids is 1. The van der Waals surface area contributed by atoms with Crippen molar-refractivity contribution in [2.45, 2.75) is 26.7 Å². The third-order valence-corrected chi connectivity index (χ3v) is 7.02. The van der Waals surface area contributed by atoms with E-state index in [9.17, 15) is 4.79 Å². The summed E-state index contributed by atoms with van der Waals surface area (Å²) in [6.45, 7) is 4.40. The lowest BCUT2D eigenvalue weighted by molar-refractivity contribution is -0.402. The van der Waals surface area contributed by atoms with Gasteiger partial charge in [0.25, 0.3) is 0 Å². The molecule has 1 heterocycles. The summed E-state index contributed by atoms with van der Waals surface area (Å²) in [6.07, 6.45) is 8.34. The molecule has 1 aliphatic heterocycles. The van der Waals surface area contributed by atoms with E-state index in [1.807, 2.05) is 12.1 Å². The molecule has 0 saturated carbocycles. The van der Waals surface area contributed by atoms with Crippen molar-refractivity contribution in [2.24, 2.45) is 0 Å². The Hall–Kier alpha value is -2.21. The van der Waals surface area contributed by atoms with Gasteiger partial charge in [0.15, 0.2) is 5.71 Å². The SMILES string of the molecule is Cc1c(C)c(Cc2ccc(C(=O)O)cc2)c2c(c1I)[N+](C)=C1CC=CC=C12. The van der Waals surface area contributed by atoms with Crippen LogP contribution in [-0.2, 0) is 6.42 Å². The first-order valence-corrected chi connectivity index (χ1v) is 10.1. The summed E-state index contributed by atoms with van der Waals surface area (Å²) in [4.78, 5) is 11.1. The van der Waals surface area contributed by atoms with Crippen LogP contribution in [0.4, 0.5) is 5.69 Å². The predicted molar refractivity (Wildman–Crippen MR) is 117 cm³/mol. The Balaban J connectivity index is 1.88. The molecule has 0 aromatic heterocycles. The molecule has 0 atom stereocenters. The summed E-state index contributed by atoms with van der Waals surface area (Å²) in [6, 6.07) is 7.25. The Morgan fingerprint density at radius 3 is 2.56 bits per heavy atom. The second kappa shape index (κ2) is 6.75. The molecule has 0 fully saturated rings. The van der Waals surface area contributed by atoms with Crippen LogP contribution in [0.1, 0.15) is 44.6 Å². The van der Waals surface area contributed by atoms with E-state index in [0.29, 0.717) is 5.56 Å². The normalized spacial score (nSPS) is 14.9. The predicted octanol–water partition coefficient (Wildman–Crippen LogP) is 5.27. The minimum atomic E-state index is -0.885. The van der Waals surface area contributed by atoms with Crippen LogP contribution >= 0.6 is 22.6 Å². The molecule has 2 aromatic carbocycles. The van der Waals surface area contributed by atoms with E-state index in [4.69, 9.17) is 5.11 Å². The van der Waals surface area contributed by atoms with Crippen molar-refractivity contribution in [1.29, 1.82) is 0 Å². The van der Waals surface area contributed by atoms with Gasteiger partial charge in [-0.05, 0) is 83.3 Å². The van der Waals surface area contributed by atoms with Gasteiger partial charge in [0.05, 0.1) is 26.7 Å². The summed E-state index contributed by atoms with van der Waals surface area (Å²) >= 11 is 2.48. The number of carboxylic acid groups (broad SMARTS) is 1. The maximum Gasteiger partial charge on any atom is 0.335 e. The number of hydrogen-bond acceptors (Lipinski definition) is 1. The number of aromatic carboxylic acids is 1. The summed E-state index contributed by atoms with van der Waals surface area (Å²) in [5, 5.41) is 9.14. The number of carbonyl (C=O) groups is 1. The first-order valence-electron chi connectivity index (χ1n) is 9.01. The van der Waals surface area contributed by atoms with Crippen LogP contribution in [0.15, 0.2) is 42.5 Å². The fourth-order valence-electron chi connectivity index (χ4n) is 4.03. The van der Waals surface area contributed by atoms with Crippen molar-refractivity contribution in [3.05, 3.63) is 79.4 Å². The first-order chi connectivity index (χ1) is 12.9. The molecule has 2 aromatic rings. The average Bonchev–Trinajstić information content (AvgIpc) is 2.97. The first kappa shape index (κ1) is 18.2. The van der Waals surface area contributed by atoms with Crippen LogP contribution < -0.4 is 0 Å². The molecule has 0 radical (unpaired) electrons. The largest absolute Gasteiger partial charge is 0.478 e. The fraction of sp³-hybridized carbons (Fsp3) is 0.217. The van der Waals surface area contributed by atoms with E-state index in [0.717, 1.165) is 18.4 Å². The van der Waals surface area contributed by atoms with Crippen LogP contribution in [0.2, 0.25) is 0 Å². The van der Waals surface area contributed by atoms with E-state index in [-0.39, 0.29) is 0 Å². The van der Waals surface area contributed by atoms with Crippen molar-refractivity contribution in [3.8, 4) is 0 Å². The number of nitrogens with zero attached hydrogens (tertiary/aromatic N) is 1. The lowest BCUT2D eigenvalue weighted by Crippen LogP contribution is -2.08. The Labute approximate surface area is 172 Å². The minimum absolute atomic E-state index is 0.329. The summed E-state index contributed by atoms with van der Waals surface area (Å²) in [7, 11) is 2.16. The van der Waals surface area contributed by atoms with Crippen molar-refractivity contribution in [2.75, 3.05) is 7.05 Å². The molecule has 136 valence electrons. The summed E-state index contributed by atoms with van der Waals surface area (Å²) < 4.78 is 3.66. The maximum atomic E-state index is 11.1. The zero-order valence-electron chi connectivity index (χ0n) is 15.6. The molecule has 0 spiro atoms. The molecule has 4 heteroatoms. The standard InChI is InChI=1S/C23H20INO2/c1-13-14(2)21(24)22-20(17-6-4-5-7-19(17)25(22)3)18(13)12-15-8-10-16(11-9-15)23(26)27/h4-6,8-11H,7,12H2,1-3H3/p+1. The topological polar surface area (TPSA) is 40.3 Å². The zero-order chi connectivity index (χ0) is 19.3. The number of allylic oxidation sites excluding steroid dienone is 4. The zero-order valence-corrected chi connectivity index (χ0v) is 17.8. The summed E-state index contributed by atoms with van der Waals surface area (Å²) in [5.41, 5.74) is 10.8. The van der Waals surface area contributed by atoms with E-state index in [1.165, 1.54) is 42.8 Å². The van der Waals surface area contributed by atoms with Crippen molar-refractivity contribution < 1.29 is 14.5 Å². The molecule has 2 aliphatic rings. The number of rotatable bonds is 3. The van der Waals surface area contributed by atoms with Gasteiger partial charge < -0.3 is 5.11 Å². The highest BCUT2D eigenvalue weighted by Crippen LogP contribution is 2.45. The molecule has 1 N–H and O–H groups in total. The van der Waals surface area contributed by atoms with Gasteiger partial charge in [-0.3, -0.25) is 0 Å². The highest BCUT2D eigenvalue weighted by atomic mass is 127. The molecule has 0 amide bonds. The van der Waals surface area contributed by atoms with Crippen molar-refractivity contribution >= 4 is 45.5 Å². The number of benzene rings is 2. The molecular formula is C23H21INO2+. The van der Waals surface area contributed by atoms with Crippen LogP contribution in [0, 0.1) is 17.4 Å². The Kier molecular flexibility index (Phi) is 4.54. The van der Waals surface area contributed by atoms with E-state index >= 15 is 0 Å². The number of fused-ring (bicyclic) bond motifs is 3. The second-order valence-corrected chi connectivity index (χ2v) is 8.24. The van der Waals surface area contributed by atoms with Gasteiger partial charge in [-0.25, -0.2) is 4.79 Å². The van der Waals surface area contributed by atoms with Crippen molar-refractivity contribution in [1.82, 2.24) is 0 Å². The highest BCUT2D eigenvalue weighted by molar-refractivity contribution is 14.1. The van der Waals surface area contributed by atoms with Crippen LogP contribution in [0.25, 0.3) is 5.57 Å². The van der Waals surface area contributed by atoms with Crippen LogP contribution in [0.5, 0.6) is 0 Å². The van der Waals surface area contributed by atoms with Gasteiger partial charge in [0, 0.05) is 0 Å². The lowest BCUT2D eigenvalue weighted by atomic mass is 9.86. The molecule has 27 heavy (non-hydrogen) atoms. The maximum absolute atomic E-state index is 11.1. The monoisotopic (exact) mass is 470 g/mol. The van der Waals surface area contributed by atoms with Crippen LogP contribution in [-0.4, -0.2) is 28.4 Å².